The fourth-order valence-electron chi connectivity index (χ4n) is 8.70. The quantitative estimate of drug-likeness (QED) is 0.196. The Morgan fingerprint density at radius 2 is 1.14 bits per heavy atom. The maximum Gasteiger partial charge on any atom is 0.249 e. The highest BCUT2D eigenvalue weighted by Crippen LogP contribution is 2.47. The van der Waals surface area contributed by atoms with E-state index in [2.05, 4.69) is 160 Å². The van der Waals surface area contributed by atoms with Gasteiger partial charge in [-0.2, -0.15) is 0 Å². The number of aromatic nitrogens is 2. The summed E-state index contributed by atoms with van der Waals surface area (Å²) >= 11 is 1.89. The number of para-hydroxylation sites is 3. The molecule has 2 aromatic heterocycles. The summed E-state index contributed by atoms with van der Waals surface area (Å²) in [5.74, 6) is 0. The minimum absolute atomic E-state index is 0.0192. The highest BCUT2D eigenvalue weighted by Gasteiger charge is 2.47. The minimum Gasteiger partial charge on any atom is -0.312 e. The van der Waals surface area contributed by atoms with Crippen LogP contribution in [0.3, 0.4) is 0 Å². The average Bonchev–Trinajstić information content (AvgIpc) is 3.20. The van der Waals surface area contributed by atoms with E-state index in [9.17, 15) is 0 Å². The molecule has 0 N–H and O–H groups in total. The molecule has 4 nitrogen and oxygen atoms in total. The molecule has 236 valence electrons. The predicted molar refractivity (Wildman–Crippen MR) is 215 cm³/mol. The Morgan fingerprint density at radius 3 is 1.96 bits per heavy atom. The molecule has 3 aliphatic rings. The topological polar surface area (TPSA) is 32.3 Å². The lowest BCUT2D eigenvalue weighted by molar-refractivity contribution is 1.22. The first-order valence-corrected chi connectivity index (χ1v) is 18.2. The van der Waals surface area contributed by atoms with E-state index in [1.165, 1.54) is 65.3 Å². The summed E-state index contributed by atoms with van der Waals surface area (Å²) in [6.07, 6.45) is 5.73. The first kappa shape index (κ1) is 28.8. The van der Waals surface area contributed by atoms with E-state index in [4.69, 9.17) is 4.98 Å². The van der Waals surface area contributed by atoms with Gasteiger partial charge in [-0.15, -0.1) is 0 Å². The Hall–Kier alpha value is -6.04. The molecule has 3 aliphatic heterocycles. The summed E-state index contributed by atoms with van der Waals surface area (Å²) in [6, 6.07) is 55.5. The largest absolute Gasteiger partial charge is 0.312 e. The lowest BCUT2D eigenvalue weighted by atomic mass is 9.31. The monoisotopic (exact) mass is 666 g/mol. The smallest absolute Gasteiger partial charge is 0.249 e. The Labute approximate surface area is 301 Å². The lowest BCUT2D eigenvalue weighted by Crippen LogP contribution is -2.65. The molecule has 0 radical (unpaired) electrons. The molecule has 5 heterocycles. The first-order valence-electron chi connectivity index (χ1n) is 17.4. The van der Waals surface area contributed by atoms with Gasteiger partial charge in [0, 0.05) is 62.2 Å². The van der Waals surface area contributed by atoms with Crippen molar-refractivity contribution in [2.45, 2.75) is 9.79 Å². The second-order valence-electron chi connectivity index (χ2n) is 13.3. The van der Waals surface area contributed by atoms with Gasteiger partial charge in [0.05, 0.1) is 11.2 Å². The molecule has 0 atom stereocenters. The number of fused-ring (bicyclic) bond motifs is 8. The van der Waals surface area contributed by atoms with Gasteiger partial charge < -0.3 is 9.80 Å². The highest BCUT2D eigenvalue weighted by atomic mass is 32.2. The van der Waals surface area contributed by atoms with Crippen molar-refractivity contribution >= 4 is 103 Å². The molecule has 11 rings (SSSR count). The zero-order valence-corrected chi connectivity index (χ0v) is 28.3. The fraction of sp³-hybridized carbons (Fsp3) is 0. The van der Waals surface area contributed by atoms with E-state index >= 15 is 0 Å². The number of rotatable bonds is 3. The van der Waals surface area contributed by atoms with E-state index in [1.54, 1.807) is 0 Å². The van der Waals surface area contributed by atoms with Crippen molar-refractivity contribution in [3.8, 4) is 0 Å². The summed E-state index contributed by atoms with van der Waals surface area (Å²) in [7, 11) is 0. The van der Waals surface area contributed by atoms with Crippen LogP contribution in [-0.4, -0.2) is 23.4 Å². The van der Waals surface area contributed by atoms with Crippen LogP contribution >= 0.6 is 11.8 Å². The van der Waals surface area contributed by atoms with E-state index in [-0.39, 0.29) is 13.4 Å². The zero-order valence-electron chi connectivity index (χ0n) is 27.5. The molecule has 51 heavy (non-hydrogen) atoms. The van der Waals surface area contributed by atoms with E-state index in [0.29, 0.717) is 0 Å². The standard InChI is InChI=1S/C44H28B2N4S/c1-2-14-30(15-3-1)45-32-16-4-8-20-36(32)50(37-21-10-12-29-13-11-25-48-43(29)37)38-28-40-42-44(41(38)45)49(31-23-26-47-27-24-31)35-19-7-5-17-33(35)46(42)34-18-6-9-22-39(34)51-40/h1-28H. The molecule has 0 saturated heterocycles. The first-order chi connectivity index (χ1) is 25.3. The second kappa shape index (κ2) is 11.2. The molecular formula is C44H28B2N4S. The molecule has 0 fully saturated rings. The van der Waals surface area contributed by atoms with Crippen molar-refractivity contribution in [1.29, 1.82) is 0 Å². The lowest BCUT2D eigenvalue weighted by Gasteiger charge is -2.46. The Bertz CT molecular complexity index is 2660. The third-order valence-corrected chi connectivity index (χ3v) is 11.8. The van der Waals surface area contributed by atoms with Crippen molar-refractivity contribution in [2.24, 2.45) is 0 Å². The van der Waals surface area contributed by atoms with Crippen LogP contribution in [-0.2, 0) is 0 Å². The van der Waals surface area contributed by atoms with Crippen LogP contribution < -0.4 is 42.6 Å². The predicted octanol–water partition coefficient (Wildman–Crippen LogP) is 6.69. The van der Waals surface area contributed by atoms with Gasteiger partial charge in [-0.25, -0.2) is 0 Å². The maximum absolute atomic E-state index is 4.99. The third-order valence-electron chi connectivity index (χ3n) is 10.7. The Kier molecular flexibility index (Phi) is 6.34. The highest BCUT2D eigenvalue weighted by molar-refractivity contribution is 8.00. The normalized spacial score (nSPS) is 13.6. The van der Waals surface area contributed by atoms with E-state index in [0.717, 1.165) is 22.3 Å². The molecule has 6 aromatic carbocycles. The SMILES string of the molecule is c1ccc(B2c3ccccc3N(c3cccc4cccnc34)c3cc4c5c(c32)N(c2ccncc2)c2ccccc2B5c2ccccc2S4)cc1. The average molecular weight is 666 g/mol. The van der Waals surface area contributed by atoms with Crippen molar-refractivity contribution in [3.63, 3.8) is 0 Å². The van der Waals surface area contributed by atoms with Crippen LogP contribution in [0, 0.1) is 0 Å². The number of anilines is 6. The van der Waals surface area contributed by atoms with E-state index in [1.807, 2.05) is 36.4 Å². The number of nitrogens with zero attached hydrogens (tertiary/aromatic N) is 4. The van der Waals surface area contributed by atoms with Crippen molar-refractivity contribution in [2.75, 3.05) is 9.80 Å². The van der Waals surface area contributed by atoms with Gasteiger partial charge in [-0.05, 0) is 70.4 Å². The maximum atomic E-state index is 4.99. The van der Waals surface area contributed by atoms with Crippen LogP contribution in [0.25, 0.3) is 10.9 Å². The summed E-state index contributed by atoms with van der Waals surface area (Å²) < 4.78 is 0. The van der Waals surface area contributed by atoms with Crippen LogP contribution in [0.4, 0.5) is 34.1 Å². The van der Waals surface area contributed by atoms with Gasteiger partial charge in [-0.3, -0.25) is 9.97 Å². The van der Waals surface area contributed by atoms with Crippen LogP contribution in [0.15, 0.2) is 180 Å². The van der Waals surface area contributed by atoms with Gasteiger partial charge >= 0.3 is 0 Å². The molecule has 0 unspecified atom stereocenters. The Morgan fingerprint density at radius 1 is 0.471 bits per heavy atom. The van der Waals surface area contributed by atoms with Crippen LogP contribution in [0.5, 0.6) is 0 Å². The van der Waals surface area contributed by atoms with Gasteiger partial charge in [0.25, 0.3) is 0 Å². The summed E-state index contributed by atoms with van der Waals surface area (Å²) in [5.41, 5.74) is 15.8. The van der Waals surface area contributed by atoms with Gasteiger partial charge in [0.1, 0.15) is 0 Å². The Balaban J connectivity index is 1.33. The molecule has 8 aromatic rings. The zero-order chi connectivity index (χ0) is 33.5. The summed E-state index contributed by atoms with van der Waals surface area (Å²) in [6.45, 7) is 0.0719. The van der Waals surface area contributed by atoms with Gasteiger partial charge in [0.15, 0.2) is 0 Å². The summed E-state index contributed by atoms with van der Waals surface area (Å²) in [5, 5.41) is 1.12. The molecule has 0 aliphatic carbocycles. The van der Waals surface area contributed by atoms with Crippen molar-refractivity contribution < 1.29 is 0 Å². The van der Waals surface area contributed by atoms with Crippen LogP contribution in [0.1, 0.15) is 0 Å². The second-order valence-corrected chi connectivity index (χ2v) is 14.4. The number of hydrogen-bond acceptors (Lipinski definition) is 5. The molecule has 0 spiro atoms. The third kappa shape index (κ3) is 4.19. The van der Waals surface area contributed by atoms with Crippen molar-refractivity contribution in [1.82, 2.24) is 9.97 Å². The van der Waals surface area contributed by atoms with Gasteiger partial charge in [-0.1, -0.05) is 126 Å². The fourth-order valence-corrected chi connectivity index (χ4v) is 9.89. The van der Waals surface area contributed by atoms with Crippen molar-refractivity contribution in [3.05, 3.63) is 170 Å². The number of hydrogen-bond donors (Lipinski definition) is 0. The minimum atomic E-state index is -0.0192. The van der Waals surface area contributed by atoms with Gasteiger partial charge in [0.2, 0.25) is 13.4 Å². The van der Waals surface area contributed by atoms with Crippen LogP contribution in [0.2, 0.25) is 0 Å². The molecular weight excluding hydrogens is 638 g/mol. The number of pyridine rings is 2. The molecule has 7 heteroatoms. The molecule has 0 amide bonds. The molecule has 0 saturated carbocycles. The molecule has 0 bridgehead atoms. The van der Waals surface area contributed by atoms with E-state index < -0.39 is 0 Å². The summed E-state index contributed by atoms with van der Waals surface area (Å²) in [4.78, 5) is 17.0. The number of benzene rings is 6.